The predicted octanol–water partition coefficient (Wildman–Crippen LogP) is 1.33. The number of amides is 1. The molecule has 2 aliphatic rings. The van der Waals surface area contributed by atoms with E-state index in [1.807, 2.05) is 6.92 Å². The van der Waals surface area contributed by atoms with Crippen molar-refractivity contribution in [2.75, 3.05) is 6.61 Å². The number of hydrogen-bond donors (Lipinski definition) is 2. The van der Waals surface area contributed by atoms with Gasteiger partial charge in [-0.2, -0.15) is 0 Å². The average molecular weight is 240 g/mol. The topological polar surface area (TPSA) is 64.3 Å². The van der Waals surface area contributed by atoms with Gasteiger partial charge in [-0.25, -0.2) is 0 Å². The molecule has 0 bridgehead atoms. The molecule has 3 N–H and O–H groups in total. The third kappa shape index (κ3) is 3.42. The summed E-state index contributed by atoms with van der Waals surface area (Å²) in [5, 5.41) is 3.06. The minimum absolute atomic E-state index is 0.120. The van der Waals surface area contributed by atoms with Crippen molar-refractivity contribution >= 4 is 5.91 Å². The molecule has 2 rings (SSSR count). The van der Waals surface area contributed by atoms with E-state index in [9.17, 15) is 4.79 Å². The minimum atomic E-state index is -0.229. The molecule has 0 aliphatic heterocycles. The van der Waals surface area contributed by atoms with E-state index < -0.39 is 0 Å². The molecule has 98 valence electrons. The largest absolute Gasteiger partial charge is 0.378 e. The van der Waals surface area contributed by atoms with Crippen LogP contribution in [-0.4, -0.2) is 30.2 Å². The highest BCUT2D eigenvalue weighted by Crippen LogP contribution is 2.30. The Balaban J connectivity index is 1.65. The molecule has 1 amide bonds. The average Bonchev–Trinajstić information content (AvgIpc) is 2.61. The van der Waals surface area contributed by atoms with Crippen LogP contribution in [0.3, 0.4) is 0 Å². The molecule has 0 aromatic rings. The van der Waals surface area contributed by atoms with Crippen molar-refractivity contribution in [2.45, 2.75) is 69.6 Å². The normalized spacial score (nSPS) is 30.9. The lowest BCUT2D eigenvalue weighted by atomic mass is 9.88. The molecular weight excluding hydrogens is 216 g/mol. The zero-order chi connectivity index (χ0) is 12.3. The number of ether oxygens (including phenoxy) is 1. The van der Waals surface area contributed by atoms with E-state index in [0.717, 1.165) is 32.3 Å². The fourth-order valence-electron chi connectivity index (χ4n) is 2.91. The van der Waals surface area contributed by atoms with E-state index in [4.69, 9.17) is 10.5 Å². The molecule has 0 aromatic carbocycles. The first-order valence-corrected chi connectivity index (χ1v) is 6.81. The van der Waals surface area contributed by atoms with Crippen molar-refractivity contribution in [3.8, 4) is 0 Å². The monoisotopic (exact) mass is 240 g/mol. The Bertz CT molecular complexity index is 269. The van der Waals surface area contributed by atoms with Gasteiger partial charge in [0.25, 0.3) is 0 Å². The van der Waals surface area contributed by atoms with Crippen LogP contribution in [0.1, 0.15) is 51.9 Å². The zero-order valence-corrected chi connectivity index (χ0v) is 10.7. The van der Waals surface area contributed by atoms with Gasteiger partial charge in [0.1, 0.15) is 0 Å². The Hall–Kier alpha value is -0.610. The van der Waals surface area contributed by atoms with E-state index in [-0.39, 0.29) is 11.4 Å². The Morgan fingerprint density at radius 1 is 1.41 bits per heavy atom. The summed E-state index contributed by atoms with van der Waals surface area (Å²) in [6, 6.07) is 0.309. The van der Waals surface area contributed by atoms with E-state index in [1.165, 1.54) is 12.8 Å². The molecule has 0 radical (unpaired) electrons. The number of hydrogen-bond acceptors (Lipinski definition) is 3. The van der Waals surface area contributed by atoms with E-state index >= 15 is 0 Å². The summed E-state index contributed by atoms with van der Waals surface area (Å²) in [6.45, 7) is 2.77. The van der Waals surface area contributed by atoms with Gasteiger partial charge in [0.15, 0.2) is 0 Å². The van der Waals surface area contributed by atoms with E-state index in [1.54, 1.807) is 0 Å². The van der Waals surface area contributed by atoms with Crippen molar-refractivity contribution in [1.29, 1.82) is 0 Å². The molecule has 0 saturated heterocycles. The summed E-state index contributed by atoms with van der Waals surface area (Å²) in [5.74, 6) is 0.120. The van der Waals surface area contributed by atoms with Crippen molar-refractivity contribution in [1.82, 2.24) is 5.32 Å². The fraction of sp³-hybridized carbons (Fsp3) is 0.923. The van der Waals surface area contributed by atoms with Crippen LogP contribution >= 0.6 is 0 Å². The molecule has 0 aromatic heterocycles. The lowest BCUT2D eigenvalue weighted by molar-refractivity contribution is -0.124. The third-order valence-electron chi connectivity index (χ3n) is 3.97. The van der Waals surface area contributed by atoms with Gasteiger partial charge in [-0.05, 0) is 32.6 Å². The first-order chi connectivity index (χ1) is 8.11. The highest BCUT2D eigenvalue weighted by molar-refractivity contribution is 5.77. The second-order valence-corrected chi connectivity index (χ2v) is 5.56. The maximum absolute atomic E-state index is 11.8. The summed E-state index contributed by atoms with van der Waals surface area (Å²) < 4.78 is 5.47. The van der Waals surface area contributed by atoms with Crippen LogP contribution in [0.2, 0.25) is 0 Å². The number of nitrogens with one attached hydrogen (secondary N) is 1. The Morgan fingerprint density at radius 2 is 2.06 bits per heavy atom. The van der Waals surface area contributed by atoms with Gasteiger partial charge in [-0.15, -0.1) is 0 Å². The molecule has 4 nitrogen and oxygen atoms in total. The highest BCUT2D eigenvalue weighted by atomic mass is 16.5. The Morgan fingerprint density at radius 3 is 2.65 bits per heavy atom. The fourth-order valence-corrected chi connectivity index (χ4v) is 2.91. The molecule has 0 unspecified atom stereocenters. The highest BCUT2D eigenvalue weighted by Gasteiger charge is 2.35. The summed E-state index contributed by atoms with van der Waals surface area (Å²) in [5.41, 5.74) is 5.96. The van der Waals surface area contributed by atoms with Crippen LogP contribution < -0.4 is 11.1 Å². The molecule has 2 aliphatic carbocycles. The first-order valence-electron chi connectivity index (χ1n) is 6.81. The van der Waals surface area contributed by atoms with Gasteiger partial charge in [0.05, 0.1) is 6.10 Å². The van der Waals surface area contributed by atoms with Crippen molar-refractivity contribution in [3.63, 3.8) is 0 Å². The van der Waals surface area contributed by atoms with Crippen LogP contribution in [0.5, 0.6) is 0 Å². The Kier molecular flexibility index (Phi) is 4.05. The van der Waals surface area contributed by atoms with Gasteiger partial charge in [0.2, 0.25) is 5.91 Å². The standard InChI is InChI=1S/C13H24N2O2/c1-2-17-11-7-10(8-11)15-12(16)9-13(14)5-3-4-6-13/h10-11H,2-9,14H2,1H3,(H,15,16). The maximum Gasteiger partial charge on any atom is 0.222 e. The number of nitrogens with two attached hydrogens (primary N) is 1. The van der Waals surface area contributed by atoms with Crippen LogP contribution in [0.15, 0.2) is 0 Å². The molecule has 4 heteroatoms. The minimum Gasteiger partial charge on any atom is -0.378 e. The number of carbonyl (C=O) groups excluding carboxylic acids is 1. The van der Waals surface area contributed by atoms with Gasteiger partial charge in [-0.1, -0.05) is 12.8 Å². The van der Waals surface area contributed by atoms with E-state index in [0.29, 0.717) is 18.6 Å². The first kappa shape index (κ1) is 12.8. The van der Waals surface area contributed by atoms with Crippen molar-refractivity contribution < 1.29 is 9.53 Å². The zero-order valence-electron chi connectivity index (χ0n) is 10.7. The number of rotatable bonds is 5. The molecule has 0 atom stereocenters. The SMILES string of the molecule is CCOC1CC(NC(=O)CC2(N)CCCC2)C1. The molecule has 2 fully saturated rings. The second kappa shape index (κ2) is 5.36. The third-order valence-corrected chi connectivity index (χ3v) is 3.97. The van der Waals surface area contributed by atoms with Crippen LogP contribution in [0.4, 0.5) is 0 Å². The maximum atomic E-state index is 11.8. The van der Waals surface area contributed by atoms with Gasteiger partial charge in [0, 0.05) is 24.6 Å². The quantitative estimate of drug-likeness (QED) is 0.762. The van der Waals surface area contributed by atoms with Gasteiger partial charge < -0.3 is 15.8 Å². The van der Waals surface area contributed by atoms with Crippen molar-refractivity contribution in [2.24, 2.45) is 5.73 Å². The molecule has 0 heterocycles. The van der Waals surface area contributed by atoms with Crippen molar-refractivity contribution in [3.05, 3.63) is 0 Å². The second-order valence-electron chi connectivity index (χ2n) is 5.56. The summed E-state index contributed by atoms with van der Waals surface area (Å²) in [4.78, 5) is 11.8. The van der Waals surface area contributed by atoms with Crippen LogP contribution in [0, 0.1) is 0 Å². The summed E-state index contributed by atoms with van der Waals surface area (Å²) in [7, 11) is 0. The predicted molar refractivity (Wildman–Crippen MR) is 66.6 cm³/mol. The van der Waals surface area contributed by atoms with E-state index in [2.05, 4.69) is 5.32 Å². The van der Waals surface area contributed by atoms with Gasteiger partial charge in [-0.3, -0.25) is 4.79 Å². The lowest BCUT2D eigenvalue weighted by Crippen LogP contribution is -2.50. The van der Waals surface area contributed by atoms with Crippen LogP contribution in [-0.2, 0) is 9.53 Å². The van der Waals surface area contributed by atoms with Crippen LogP contribution in [0.25, 0.3) is 0 Å². The number of carbonyl (C=O) groups is 1. The molecule has 17 heavy (non-hydrogen) atoms. The molecule has 2 saturated carbocycles. The Labute approximate surface area is 103 Å². The molecule has 0 spiro atoms. The summed E-state index contributed by atoms with van der Waals surface area (Å²) >= 11 is 0. The molecular formula is C13H24N2O2. The smallest absolute Gasteiger partial charge is 0.222 e. The van der Waals surface area contributed by atoms with Gasteiger partial charge >= 0.3 is 0 Å². The lowest BCUT2D eigenvalue weighted by Gasteiger charge is -2.36. The summed E-state index contributed by atoms with van der Waals surface area (Å²) in [6.07, 6.45) is 7.07.